The summed E-state index contributed by atoms with van der Waals surface area (Å²) < 4.78 is 0.737. The van der Waals surface area contributed by atoms with Gasteiger partial charge < -0.3 is 10.4 Å². The highest BCUT2D eigenvalue weighted by molar-refractivity contribution is 9.10. The Hall–Kier alpha value is -1.36. The molecule has 3 rings (SSSR count). The maximum Gasteiger partial charge on any atom is 0.308 e. The summed E-state index contributed by atoms with van der Waals surface area (Å²) in [5.41, 5.74) is 1.58. The van der Waals surface area contributed by atoms with Crippen LogP contribution in [0, 0.1) is 24.7 Å². The van der Waals surface area contributed by atoms with Crippen molar-refractivity contribution in [2.45, 2.75) is 32.2 Å². The second-order valence-electron chi connectivity index (χ2n) is 6.18. The van der Waals surface area contributed by atoms with E-state index in [-0.39, 0.29) is 17.9 Å². The van der Waals surface area contributed by atoms with Crippen LogP contribution in [0.1, 0.15) is 35.2 Å². The minimum Gasteiger partial charge on any atom is -0.481 e. The van der Waals surface area contributed by atoms with E-state index in [1.165, 1.54) is 0 Å². The van der Waals surface area contributed by atoms with E-state index < -0.39 is 11.9 Å². The van der Waals surface area contributed by atoms with E-state index in [1.807, 2.05) is 25.1 Å². The Bertz CT molecular complexity index is 601. The molecule has 2 aliphatic rings. The number of amides is 1. The summed E-state index contributed by atoms with van der Waals surface area (Å²) in [7, 11) is 0. The topological polar surface area (TPSA) is 66.4 Å². The SMILES string of the molecule is Cc1ccc(Br)c(C(=O)NC2C3CCC(C3)C2C(=O)O)c1. The molecule has 2 N–H and O–H groups in total. The fourth-order valence-electron chi connectivity index (χ4n) is 3.90. The maximum absolute atomic E-state index is 12.5. The molecule has 5 heteroatoms. The molecule has 4 unspecified atom stereocenters. The first-order chi connectivity index (χ1) is 9.97. The fraction of sp³-hybridized carbons (Fsp3) is 0.500. The van der Waals surface area contributed by atoms with Crippen molar-refractivity contribution in [2.24, 2.45) is 17.8 Å². The van der Waals surface area contributed by atoms with Crippen molar-refractivity contribution >= 4 is 27.8 Å². The number of hydrogen-bond acceptors (Lipinski definition) is 2. The monoisotopic (exact) mass is 351 g/mol. The standard InChI is InChI=1S/C16H18BrNO3/c1-8-2-5-12(17)11(6-8)15(19)18-14-10-4-3-9(7-10)13(14)16(20)21/h2,5-6,9-10,13-14H,3-4,7H2,1H3,(H,18,19)(H,20,21). The van der Waals surface area contributed by atoms with E-state index >= 15 is 0 Å². The van der Waals surface area contributed by atoms with Gasteiger partial charge in [0.2, 0.25) is 0 Å². The molecule has 4 atom stereocenters. The van der Waals surface area contributed by atoms with Crippen LogP contribution in [0.25, 0.3) is 0 Å². The molecule has 112 valence electrons. The summed E-state index contributed by atoms with van der Waals surface area (Å²) in [6, 6.07) is 5.36. The maximum atomic E-state index is 12.5. The molecule has 2 fully saturated rings. The number of halogens is 1. The lowest BCUT2D eigenvalue weighted by Crippen LogP contribution is -2.46. The largest absolute Gasteiger partial charge is 0.481 e. The zero-order valence-electron chi connectivity index (χ0n) is 11.8. The van der Waals surface area contributed by atoms with Crippen molar-refractivity contribution in [1.29, 1.82) is 0 Å². The lowest BCUT2D eigenvalue weighted by molar-refractivity contribution is -0.144. The Labute approximate surface area is 132 Å². The van der Waals surface area contributed by atoms with Gasteiger partial charge in [0.1, 0.15) is 0 Å². The van der Waals surface area contributed by atoms with Crippen LogP contribution in [0.4, 0.5) is 0 Å². The summed E-state index contributed by atoms with van der Waals surface area (Å²) in [5, 5.41) is 12.4. The predicted octanol–water partition coefficient (Wildman–Crippen LogP) is 2.99. The smallest absolute Gasteiger partial charge is 0.308 e. The van der Waals surface area contributed by atoms with Crippen molar-refractivity contribution < 1.29 is 14.7 Å². The second kappa shape index (κ2) is 5.44. The van der Waals surface area contributed by atoms with Gasteiger partial charge in [-0.15, -0.1) is 0 Å². The number of hydrogen-bond donors (Lipinski definition) is 2. The minimum atomic E-state index is -0.782. The molecule has 0 radical (unpaired) electrons. The Morgan fingerprint density at radius 2 is 2.00 bits per heavy atom. The number of rotatable bonds is 3. The van der Waals surface area contributed by atoms with Crippen LogP contribution in [0.5, 0.6) is 0 Å². The third kappa shape index (κ3) is 2.59. The van der Waals surface area contributed by atoms with E-state index in [0.717, 1.165) is 29.3 Å². The highest BCUT2D eigenvalue weighted by Crippen LogP contribution is 2.48. The normalized spacial score (nSPS) is 30.4. The third-order valence-corrected chi connectivity index (χ3v) is 5.56. The Balaban J connectivity index is 1.81. The highest BCUT2D eigenvalue weighted by atomic mass is 79.9. The molecule has 1 aromatic carbocycles. The molecule has 0 spiro atoms. The van der Waals surface area contributed by atoms with Gasteiger partial charge in [-0.1, -0.05) is 11.6 Å². The number of carboxylic acids is 1. The number of carboxylic acid groups (broad SMARTS) is 1. The van der Waals surface area contributed by atoms with Gasteiger partial charge in [0.05, 0.1) is 11.5 Å². The molecule has 0 aromatic heterocycles. The fourth-order valence-corrected chi connectivity index (χ4v) is 4.32. The molecule has 2 saturated carbocycles. The average molecular weight is 352 g/mol. The number of aliphatic carboxylic acids is 1. The van der Waals surface area contributed by atoms with Gasteiger partial charge in [-0.3, -0.25) is 9.59 Å². The molecule has 0 aliphatic heterocycles. The van der Waals surface area contributed by atoms with Crippen molar-refractivity contribution in [1.82, 2.24) is 5.32 Å². The Morgan fingerprint density at radius 3 is 2.71 bits per heavy atom. The quantitative estimate of drug-likeness (QED) is 0.879. The molecule has 2 bridgehead atoms. The van der Waals surface area contributed by atoms with Crippen molar-refractivity contribution in [2.75, 3.05) is 0 Å². The first-order valence-corrected chi connectivity index (χ1v) is 8.06. The number of benzene rings is 1. The van der Waals surface area contributed by atoms with Crippen LogP contribution >= 0.6 is 15.9 Å². The first-order valence-electron chi connectivity index (χ1n) is 7.27. The zero-order chi connectivity index (χ0) is 15.1. The number of carbonyl (C=O) groups is 2. The van der Waals surface area contributed by atoms with Gasteiger partial charge in [0.25, 0.3) is 5.91 Å². The number of fused-ring (bicyclic) bond motifs is 2. The average Bonchev–Trinajstić information content (AvgIpc) is 3.02. The lowest BCUT2D eigenvalue weighted by Gasteiger charge is -2.29. The van der Waals surface area contributed by atoms with E-state index in [0.29, 0.717) is 11.5 Å². The molecule has 4 nitrogen and oxygen atoms in total. The first kappa shape index (κ1) is 14.6. The minimum absolute atomic E-state index is 0.186. The molecule has 21 heavy (non-hydrogen) atoms. The molecular formula is C16H18BrNO3. The van der Waals surface area contributed by atoms with Gasteiger partial charge in [-0.25, -0.2) is 0 Å². The number of carbonyl (C=O) groups excluding carboxylic acids is 1. The number of aryl methyl sites for hydroxylation is 1. The summed E-state index contributed by atoms with van der Waals surface area (Å²) in [6.45, 7) is 1.93. The van der Waals surface area contributed by atoms with Crippen LogP contribution in [0.3, 0.4) is 0 Å². The van der Waals surface area contributed by atoms with Gasteiger partial charge in [-0.05, 0) is 66.1 Å². The molecule has 1 aromatic rings. The van der Waals surface area contributed by atoms with Crippen molar-refractivity contribution in [3.63, 3.8) is 0 Å². The summed E-state index contributed by atoms with van der Waals surface area (Å²) in [6.07, 6.45) is 2.92. The third-order valence-electron chi connectivity index (χ3n) is 4.87. The highest BCUT2D eigenvalue weighted by Gasteiger charge is 2.51. The van der Waals surface area contributed by atoms with E-state index in [1.54, 1.807) is 0 Å². The van der Waals surface area contributed by atoms with Gasteiger partial charge in [0, 0.05) is 10.5 Å². The summed E-state index contributed by atoms with van der Waals surface area (Å²) in [5.74, 6) is -0.871. The second-order valence-corrected chi connectivity index (χ2v) is 7.03. The molecule has 0 heterocycles. The summed E-state index contributed by atoms with van der Waals surface area (Å²) in [4.78, 5) is 24.0. The van der Waals surface area contributed by atoms with Crippen molar-refractivity contribution in [3.05, 3.63) is 33.8 Å². The van der Waals surface area contributed by atoms with E-state index in [9.17, 15) is 14.7 Å². The lowest BCUT2D eigenvalue weighted by atomic mass is 9.84. The summed E-state index contributed by atoms with van der Waals surface area (Å²) >= 11 is 3.39. The van der Waals surface area contributed by atoms with Crippen LogP contribution in [0.15, 0.2) is 22.7 Å². The number of nitrogens with one attached hydrogen (secondary N) is 1. The van der Waals surface area contributed by atoms with Crippen LogP contribution in [0.2, 0.25) is 0 Å². The molecule has 2 aliphatic carbocycles. The Morgan fingerprint density at radius 1 is 1.29 bits per heavy atom. The van der Waals surface area contributed by atoms with Gasteiger partial charge in [-0.2, -0.15) is 0 Å². The molecular weight excluding hydrogens is 334 g/mol. The van der Waals surface area contributed by atoms with Crippen LogP contribution < -0.4 is 5.32 Å². The zero-order valence-corrected chi connectivity index (χ0v) is 13.4. The van der Waals surface area contributed by atoms with Gasteiger partial charge >= 0.3 is 5.97 Å². The molecule has 1 amide bonds. The van der Waals surface area contributed by atoms with Crippen LogP contribution in [-0.2, 0) is 4.79 Å². The van der Waals surface area contributed by atoms with E-state index in [2.05, 4.69) is 21.2 Å². The van der Waals surface area contributed by atoms with Crippen LogP contribution in [-0.4, -0.2) is 23.0 Å². The molecule has 0 saturated heterocycles. The van der Waals surface area contributed by atoms with Gasteiger partial charge in [0.15, 0.2) is 0 Å². The predicted molar refractivity (Wildman–Crippen MR) is 82.1 cm³/mol. The Kier molecular flexibility index (Phi) is 3.78. The van der Waals surface area contributed by atoms with Crippen molar-refractivity contribution in [3.8, 4) is 0 Å². The van der Waals surface area contributed by atoms with E-state index in [4.69, 9.17) is 0 Å².